The van der Waals surface area contributed by atoms with Crippen molar-refractivity contribution in [2.45, 2.75) is 38.6 Å². The van der Waals surface area contributed by atoms with Gasteiger partial charge in [-0.2, -0.15) is 9.40 Å². The Hall–Kier alpha value is -2.35. The van der Waals surface area contributed by atoms with Crippen LogP contribution in [0.2, 0.25) is 5.02 Å². The van der Waals surface area contributed by atoms with Gasteiger partial charge in [-0.05, 0) is 37.6 Å². The van der Waals surface area contributed by atoms with Gasteiger partial charge < -0.3 is 4.74 Å². The highest BCUT2D eigenvalue weighted by Gasteiger charge is 2.36. The Bertz CT molecular complexity index is 1230. The van der Waals surface area contributed by atoms with Crippen molar-refractivity contribution in [3.8, 4) is 22.7 Å². The zero-order chi connectivity index (χ0) is 21.0. The number of nitrogens with zero attached hydrogens (tertiary/aromatic N) is 3. The fourth-order valence-corrected chi connectivity index (χ4v) is 5.44. The van der Waals surface area contributed by atoms with Gasteiger partial charge in [0.05, 0.1) is 29.8 Å². The van der Waals surface area contributed by atoms with Crippen molar-refractivity contribution in [3.63, 3.8) is 0 Å². The Labute approximate surface area is 181 Å². The van der Waals surface area contributed by atoms with Gasteiger partial charge in [0, 0.05) is 29.1 Å². The van der Waals surface area contributed by atoms with Crippen molar-refractivity contribution in [2.24, 2.45) is 0 Å². The van der Waals surface area contributed by atoms with Crippen LogP contribution < -0.4 is 4.74 Å². The van der Waals surface area contributed by atoms with E-state index in [1.807, 2.05) is 41.1 Å². The number of hydrogen-bond acceptors (Lipinski definition) is 4. The maximum Gasteiger partial charge on any atom is 0.217 e. The quantitative estimate of drug-likeness (QED) is 0.606. The third kappa shape index (κ3) is 3.04. The second-order valence-corrected chi connectivity index (χ2v) is 10.8. The molecule has 2 aromatic carbocycles. The number of benzene rings is 2. The van der Waals surface area contributed by atoms with Crippen LogP contribution >= 0.6 is 11.6 Å². The lowest BCUT2D eigenvalue weighted by Gasteiger charge is -2.20. The highest BCUT2D eigenvalue weighted by Crippen LogP contribution is 2.40. The summed E-state index contributed by atoms with van der Waals surface area (Å²) in [6.07, 6.45) is 0.876. The molecule has 0 aliphatic carbocycles. The molecule has 0 radical (unpaired) electrons. The molecule has 6 nitrogen and oxygen atoms in total. The Morgan fingerprint density at radius 3 is 2.60 bits per heavy atom. The summed E-state index contributed by atoms with van der Waals surface area (Å²) in [4.78, 5) is 0. The van der Waals surface area contributed by atoms with Crippen molar-refractivity contribution in [2.75, 3.05) is 6.61 Å². The molecule has 2 aliphatic heterocycles. The summed E-state index contributed by atoms with van der Waals surface area (Å²) in [6, 6.07) is 13.6. The largest absolute Gasteiger partial charge is 0.491 e. The molecule has 1 aromatic heterocycles. The SMILES string of the molecule is CC(C)S(=O)(=O)N1Cc2nn(-c3cccc4c3OCC4)c(-c3ccc(Cl)cc3)c2C1. The first-order valence-corrected chi connectivity index (χ1v) is 11.8. The molecule has 5 rings (SSSR count). The van der Waals surface area contributed by atoms with Crippen molar-refractivity contribution < 1.29 is 13.2 Å². The number of sulfonamides is 1. The van der Waals surface area contributed by atoms with Crippen LogP contribution in [0.25, 0.3) is 16.9 Å². The molecule has 0 fully saturated rings. The topological polar surface area (TPSA) is 64.4 Å². The average molecular weight is 444 g/mol. The van der Waals surface area contributed by atoms with Crippen molar-refractivity contribution >= 4 is 21.6 Å². The van der Waals surface area contributed by atoms with Crippen LogP contribution in [0.3, 0.4) is 0 Å². The number of fused-ring (bicyclic) bond motifs is 2. The van der Waals surface area contributed by atoms with Gasteiger partial charge in [-0.1, -0.05) is 35.9 Å². The fraction of sp³-hybridized carbons (Fsp3) is 0.318. The van der Waals surface area contributed by atoms with E-state index in [0.29, 0.717) is 18.2 Å². The first-order chi connectivity index (χ1) is 14.4. The molecule has 3 aromatic rings. The van der Waals surface area contributed by atoms with E-state index in [1.54, 1.807) is 13.8 Å². The van der Waals surface area contributed by atoms with Gasteiger partial charge >= 0.3 is 0 Å². The number of aromatic nitrogens is 2. The van der Waals surface area contributed by atoms with Crippen LogP contribution in [0.4, 0.5) is 0 Å². The van der Waals surface area contributed by atoms with Crippen LogP contribution in [0.5, 0.6) is 5.75 Å². The maximum atomic E-state index is 12.8. The zero-order valence-electron chi connectivity index (χ0n) is 16.8. The molecule has 8 heteroatoms. The van der Waals surface area contributed by atoms with Crippen LogP contribution in [0.1, 0.15) is 30.7 Å². The summed E-state index contributed by atoms with van der Waals surface area (Å²) >= 11 is 6.11. The van der Waals surface area contributed by atoms with Gasteiger partial charge in [0.25, 0.3) is 0 Å². The Morgan fingerprint density at radius 1 is 1.10 bits per heavy atom. The van der Waals surface area contributed by atoms with Gasteiger partial charge in [-0.3, -0.25) is 0 Å². The zero-order valence-corrected chi connectivity index (χ0v) is 18.4. The van der Waals surface area contributed by atoms with Gasteiger partial charge in [0.15, 0.2) is 0 Å². The second kappa shape index (κ2) is 7.11. The Kier molecular flexibility index (Phi) is 4.65. The third-order valence-corrected chi connectivity index (χ3v) is 8.14. The molecule has 156 valence electrons. The lowest BCUT2D eigenvalue weighted by molar-refractivity contribution is 0.355. The molecular formula is C22H22ClN3O3S. The molecule has 0 spiro atoms. The van der Waals surface area contributed by atoms with E-state index < -0.39 is 15.3 Å². The lowest BCUT2D eigenvalue weighted by Crippen LogP contribution is -2.32. The average Bonchev–Trinajstić information content (AvgIpc) is 3.42. The summed E-state index contributed by atoms with van der Waals surface area (Å²) in [6.45, 7) is 4.65. The summed E-state index contributed by atoms with van der Waals surface area (Å²) in [5.41, 5.74) is 5.56. The fourth-order valence-electron chi connectivity index (χ4n) is 4.11. The number of hydrogen-bond donors (Lipinski definition) is 0. The van der Waals surface area contributed by atoms with Gasteiger partial charge in [0.1, 0.15) is 11.4 Å². The predicted molar refractivity (Wildman–Crippen MR) is 117 cm³/mol. The number of halogens is 1. The van der Waals surface area contributed by atoms with Crippen LogP contribution in [0.15, 0.2) is 42.5 Å². The number of rotatable bonds is 4. The summed E-state index contributed by atoms with van der Waals surface area (Å²) in [5, 5.41) is 5.03. The predicted octanol–water partition coefficient (Wildman–Crippen LogP) is 4.18. The Balaban J connectivity index is 1.68. The minimum Gasteiger partial charge on any atom is -0.491 e. The summed E-state index contributed by atoms with van der Waals surface area (Å²) < 4.78 is 34.8. The van der Waals surface area contributed by atoms with E-state index in [-0.39, 0.29) is 6.54 Å². The van der Waals surface area contributed by atoms with Crippen molar-refractivity contribution in [1.82, 2.24) is 14.1 Å². The minimum absolute atomic E-state index is 0.277. The highest BCUT2D eigenvalue weighted by atomic mass is 35.5. The van der Waals surface area contributed by atoms with E-state index in [1.165, 1.54) is 4.31 Å². The van der Waals surface area contributed by atoms with Crippen molar-refractivity contribution in [3.05, 3.63) is 64.3 Å². The molecule has 0 N–H and O–H groups in total. The molecule has 2 aliphatic rings. The van der Waals surface area contributed by atoms with Crippen LogP contribution in [-0.2, 0) is 29.5 Å². The summed E-state index contributed by atoms with van der Waals surface area (Å²) in [7, 11) is -3.37. The van der Waals surface area contributed by atoms with Crippen LogP contribution in [0, 0.1) is 0 Å². The first kappa shape index (κ1) is 19.6. The molecule has 30 heavy (non-hydrogen) atoms. The van der Waals surface area contributed by atoms with E-state index >= 15 is 0 Å². The monoisotopic (exact) mass is 443 g/mol. The first-order valence-electron chi connectivity index (χ1n) is 9.97. The number of ether oxygens (including phenoxy) is 1. The third-order valence-electron chi connectivity index (χ3n) is 5.72. The van der Waals surface area contributed by atoms with E-state index in [0.717, 1.165) is 45.9 Å². The van der Waals surface area contributed by atoms with E-state index in [9.17, 15) is 8.42 Å². The molecule has 0 saturated carbocycles. The molecular weight excluding hydrogens is 422 g/mol. The van der Waals surface area contributed by atoms with Gasteiger partial charge in [-0.15, -0.1) is 0 Å². The summed E-state index contributed by atoms with van der Waals surface area (Å²) in [5.74, 6) is 0.848. The highest BCUT2D eigenvalue weighted by molar-refractivity contribution is 7.89. The standard InChI is InChI=1S/C22H22ClN3O3S/c1-14(2)30(27,28)25-12-18-19(13-25)24-26(21(18)15-6-8-17(23)9-7-15)20-5-3-4-16-10-11-29-22(16)20/h3-9,14H,10-13H2,1-2H3. The van der Waals surface area contributed by atoms with Gasteiger partial charge in [-0.25, -0.2) is 13.1 Å². The number of para-hydroxylation sites is 1. The van der Waals surface area contributed by atoms with Crippen molar-refractivity contribution in [1.29, 1.82) is 0 Å². The Morgan fingerprint density at radius 2 is 1.87 bits per heavy atom. The van der Waals surface area contributed by atoms with E-state index in [4.69, 9.17) is 21.4 Å². The van der Waals surface area contributed by atoms with Gasteiger partial charge in [0.2, 0.25) is 10.0 Å². The molecule has 0 unspecified atom stereocenters. The maximum absolute atomic E-state index is 12.8. The smallest absolute Gasteiger partial charge is 0.217 e. The molecule has 0 atom stereocenters. The normalized spacial score (nSPS) is 16.0. The molecule has 3 heterocycles. The lowest BCUT2D eigenvalue weighted by atomic mass is 10.1. The minimum atomic E-state index is -3.37. The molecule has 0 bridgehead atoms. The van der Waals surface area contributed by atoms with Crippen LogP contribution in [-0.4, -0.2) is 34.4 Å². The van der Waals surface area contributed by atoms with E-state index in [2.05, 4.69) is 6.07 Å². The molecule has 0 amide bonds. The molecule has 0 saturated heterocycles. The second-order valence-electron chi connectivity index (χ2n) is 7.92.